The van der Waals surface area contributed by atoms with Crippen molar-refractivity contribution in [2.24, 2.45) is 47.0 Å². The van der Waals surface area contributed by atoms with Crippen LogP contribution in [0.3, 0.4) is 0 Å². The van der Waals surface area contributed by atoms with Gasteiger partial charge in [0.15, 0.2) is 22.8 Å². The average molecular weight is 913 g/mol. The zero-order valence-electron chi connectivity index (χ0n) is 37.0. The Labute approximate surface area is 380 Å². The third-order valence-corrected chi connectivity index (χ3v) is 14.4. The Morgan fingerprint density at radius 3 is 1.70 bits per heavy atom. The van der Waals surface area contributed by atoms with Crippen LogP contribution in [0.2, 0.25) is 0 Å². The highest BCUT2D eigenvalue weighted by Crippen LogP contribution is 2.54. The molecule has 12 atom stereocenters. The molecule has 0 radical (unpaired) electrons. The second-order valence-electron chi connectivity index (χ2n) is 18.4. The Morgan fingerprint density at radius 2 is 1.20 bits per heavy atom. The van der Waals surface area contributed by atoms with E-state index in [0.717, 1.165) is 5.56 Å². The molecule has 2 amide bonds. The number of hydrogen-bond donors (Lipinski definition) is 8. The Balaban J connectivity index is 0.000000199. The number of carbonyl (C=O) groups excluding carboxylic acids is 6. The summed E-state index contributed by atoms with van der Waals surface area (Å²) in [6.07, 6.45) is 1.64. The lowest BCUT2D eigenvalue weighted by molar-refractivity contribution is -0.188. The summed E-state index contributed by atoms with van der Waals surface area (Å²) in [5.41, 5.74) is 7.47. The number of nitrogens with zero attached hydrogens (tertiary/aromatic N) is 2. The van der Waals surface area contributed by atoms with E-state index in [1.165, 1.54) is 12.1 Å². The summed E-state index contributed by atoms with van der Waals surface area (Å²) in [5, 5.41) is 66.3. The van der Waals surface area contributed by atoms with Gasteiger partial charge in [-0.2, -0.15) is 0 Å². The molecular formula is C48H56N4O14. The van der Waals surface area contributed by atoms with Crippen molar-refractivity contribution in [3.8, 4) is 11.5 Å². The first-order chi connectivity index (χ1) is 31.1. The average Bonchev–Trinajstić information content (AvgIpc) is 3.24. The smallest absolute Gasteiger partial charge is 0.230 e. The molecule has 6 aliphatic carbocycles. The van der Waals surface area contributed by atoms with Gasteiger partial charge < -0.3 is 61.4 Å². The van der Waals surface area contributed by atoms with E-state index in [4.69, 9.17) is 20.9 Å². The van der Waals surface area contributed by atoms with Crippen molar-refractivity contribution in [3.63, 3.8) is 0 Å². The molecule has 66 heavy (non-hydrogen) atoms. The molecule has 0 spiro atoms. The molecule has 0 aromatic heterocycles. The SMILES string of the molecule is C=CCOc1cccc2c1C(O)=C1C(=O)[C@]3(O)C(=O)C(C(N)=O)C(OCC=C)[C@@H](N(C)C)[C@@H]3C[C@@H]1C2.CN(C)[C@@H]1C(O)C(C(N)=O)C(=O)[C@@]2(O)C(=O)C3=C(O)c4c(O)cccc4C[C@H]3C[C@@H]12. The Hall–Kier alpha value is -6.02. The van der Waals surface area contributed by atoms with Crippen molar-refractivity contribution in [2.45, 2.75) is 61.2 Å². The molecule has 18 nitrogen and oxygen atoms in total. The van der Waals surface area contributed by atoms with Gasteiger partial charge in [0.05, 0.1) is 29.9 Å². The number of aromatic hydroxyl groups is 1. The number of nitrogens with two attached hydrogens (primary N) is 2. The van der Waals surface area contributed by atoms with E-state index in [1.54, 1.807) is 68.3 Å². The fraction of sp³-hybridized carbons (Fsp3) is 0.458. The number of aliphatic hydroxyl groups excluding tert-OH is 3. The van der Waals surface area contributed by atoms with Crippen LogP contribution in [0, 0.1) is 35.5 Å². The van der Waals surface area contributed by atoms with Gasteiger partial charge in [-0.05, 0) is 89.0 Å². The first kappa shape index (κ1) is 47.9. The number of primary amides is 2. The van der Waals surface area contributed by atoms with Crippen molar-refractivity contribution < 1.29 is 68.9 Å². The standard InChI is InChI=1S/C27H32N2O7.C21H24N2O7/c1-5-10-35-17-9-7-8-14-12-15-13-16-21(29(3)4)23(36-11-6-2)20(26(28)33)25(32)27(16,34)24(31)19(15)22(30)18(14)17;1-23(2)15-10-7-9-6-8-4-3-5-11(24)12(8)16(25)13(9)18(27)21(10,30)19(28)14(17(15)26)20(22)29/h5-9,15-16,20-21,23,30,34H,1-2,10-13H2,3-4H3,(H2,28,33);3-5,9-10,14-15,17,24-26,30H,6-7H2,1-2H3,(H2,22,29)/t15-,16-,20?,21-,23?,27-;9-,10-,14?,15-,17?,21-/m00/s1. The van der Waals surface area contributed by atoms with Crippen LogP contribution >= 0.6 is 0 Å². The second kappa shape index (κ2) is 17.7. The summed E-state index contributed by atoms with van der Waals surface area (Å²) >= 11 is 0. The molecule has 0 heterocycles. The fourth-order valence-corrected chi connectivity index (χ4v) is 11.7. The number of likely N-dealkylation sites (N-methyl/N-ethyl adjacent to an activating group) is 2. The predicted octanol–water partition coefficient (Wildman–Crippen LogP) is 0.328. The maximum Gasteiger partial charge on any atom is 0.230 e. The molecular weight excluding hydrogens is 857 g/mol. The summed E-state index contributed by atoms with van der Waals surface area (Å²) in [5.74, 6) is -13.0. The van der Waals surface area contributed by atoms with Crippen LogP contribution in [0.1, 0.15) is 35.1 Å². The van der Waals surface area contributed by atoms with Gasteiger partial charge >= 0.3 is 0 Å². The van der Waals surface area contributed by atoms with Crippen molar-refractivity contribution in [1.82, 2.24) is 9.80 Å². The summed E-state index contributed by atoms with van der Waals surface area (Å²) < 4.78 is 11.6. The predicted molar refractivity (Wildman–Crippen MR) is 236 cm³/mol. The minimum Gasteiger partial charge on any atom is -0.507 e. The molecule has 10 N–H and O–H groups in total. The number of amides is 2. The van der Waals surface area contributed by atoms with Gasteiger partial charge in [0.25, 0.3) is 0 Å². The zero-order chi connectivity index (χ0) is 48.5. The van der Waals surface area contributed by atoms with Crippen molar-refractivity contribution in [1.29, 1.82) is 0 Å². The number of carbonyl (C=O) groups is 6. The van der Waals surface area contributed by atoms with E-state index in [0.29, 0.717) is 29.7 Å². The lowest BCUT2D eigenvalue weighted by Gasteiger charge is -2.54. The molecule has 352 valence electrons. The molecule has 18 heteroatoms. The van der Waals surface area contributed by atoms with E-state index in [1.807, 2.05) is 6.07 Å². The van der Waals surface area contributed by atoms with Gasteiger partial charge in [0.1, 0.15) is 41.5 Å². The molecule has 2 aromatic carbocycles. The molecule has 4 fully saturated rings. The largest absolute Gasteiger partial charge is 0.507 e. The number of phenolic OH excluding ortho intramolecular Hbond substituents is 1. The molecule has 0 aliphatic heterocycles. The van der Waals surface area contributed by atoms with Gasteiger partial charge in [0, 0.05) is 35.1 Å². The summed E-state index contributed by atoms with van der Waals surface area (Å²) in [6.45, 7) is 7.51. The van der Waals surface area contributed by atoms with Gasteiger partial charge in [-0.3, -0.25) is 28.8 Å². The van der Waals surface area contributed by atoms with Gasteiger partial charge in [0.2, 0.25) is 23.4 Å². The molecule has 0 bridgehead atoms. The molecule has 8 rings (SSSR count). The molecule has 0 saturated heterocycles. The summed E-state index contributed by atoms with van der Waals surface area (Å²) in [7, 11) is 6.69. The third kappa shape index (κ3) is 7.17. The third-order valence-electron chi connectivity index (χ3n) is 14.4. The molecule has 6 aliphatic rings. The highest BCUT2D eigenvalue weighted by Gasteiger charge is 2.69. The maximum absolute atomic E-state index is 14.0. The molecule has 4 saturated carbocycles. The van der Waals surface area contributed by atoms with Crippen LogP contribution in [0.4, 0.5) is 0 Å². The number of phenols is 1. The lowest BCUT2D eigenvalue weighted by atomic mass is 9.54. The minimum absolute atomic E-state index is 0.0320. The fourth-order valence-electron chi connectivity index (χ4n) is 11.7. The first-order valence-corrected chi connectivity index (χ1v) is 21.6. The quantitative estimate of drug-likeness (QED) is 0.118. The van der Waals surface area contributed by atoms with Crippen molar-refractivity contribution >= 4 is 46.5 Å². The number of ether oxygens (including phenoxy) is 2. The second-order valence-corrected chi connectivity index (χ2v) is 18.4. The van der Waals surface area contributed by atoms with E-state index in [2.05, 4.69) is 13.2 Å². The number of Topliss-reactive ketones (excluding diaryl/α,β-unsaturated/α-hetero) is 4. The van der Waals surface area contributed by atoms with Gasteiger partial charge in [-0.15, -0.1) is 6.58 Å². The monoisotopic (exact) mass is 912 g/mol. The number of fused-ring (bicyclic) bond motifs is 6. The zero-order valence-corrected chi connectivity index (χ0v) is 37.0. The van der Waals surface area contributed by atoms with E-state index < -0.39 is 112 Å². The van der Waals surface area contributed by atoms with E-state index in [-0.39, 0.29) is 54.3 Å². The van der Waals surface area contributed by atoms with Crippen LogP contribution in [0.15, 0.2) is 72.9 Å². The van der Waals surface area contributed by atoms with Crippen molar-refractivity contribution in [2.75, 3.05) is 41.4 Å². The molecule has 4 unspecified atom stereocenters. The van der Waals surface area contributed by atoms with Crippen LogP contribution in [0.25, 0.3) is 11.5 Å². The normalized spacial score (nSPS) is 33.3. The summed E-state index contributed by atoms with van der Waals surface area (Å²) in [6, 6.07) is 8.48. The Morgan fingerprint density at radius 1 is 0.727 bits per heavy atom. The molecule has 2 aromatic rings. The van der Waals surface area contributed by atoms with Crippen molar-refractivity contribution in [3.05, 3.63) is 95.1 Å². The first-order valence-electron chi connectivity index (χ1n) is 21.6. The summed E-state index contributed by atoms with van der Waals surface area (Å²) in [4.78, 5) is 81.9. The van der Waals surface area contributed by atoms with Crippen LogP contribution in [-0.2, 0) is 46.3 Å². The topological polar surface area (TPSA) is 301 Å². The van der Waals surface area contributed by atoms with Gasteiger partial charge in [-0.25, -0.2) is 0 Å². The highest BCUT2D eigenvalue weighted by atomic mass is 16.5. The van der Waals surface area contributed by atoms with Crippen LogP contribution < -0.4 is 16.2 Å². The highest BCUT2D eigenvalue weighted by molar-refractivity contribution is 6.26. The number of rotatable bonds is 10. The van der Waals surface area contributed by atoms with Gasteiger partial charge in [-0.1, -0.05) is 43.0 Å². The number of ketones is 4. The van der Waals surface area contributed by atoms with E-state index in [9.17, 15) is 59.4 Å². The number of benzene rings is 2. The Kier molecular flexibility index (Phi) is 12.8. The number of aliphatic hydroxyl groups is 5. The number of hydrogen-bond acceptors (Lipinski definition) is 16. The minimum atomic E-state index is -2.62. The van der Waals surface area contributed by atoms with Crippen LogP contribution in [0.5, 0.6) is 11.5 Å². The van der Waals surface area contributed by atoms with Crippen LogP contribution in [-0.4, -0.2) is 152 Å². The maximum atomic E-state index is 14.0. The van der Waals surface area contributed by atoms with E-state index >= 15 is 0 Å². The Bertz CT molecular complexity index is 2500. The lowest BCUT2D eigenvalue weighted by Crippen LogP contribution is -2.73.